The second kappa shape index (κ2) is 4.85. The van der Waals surface area contributed by atoms with Gasteiger partial charge in [-0.05, 0) is 16.5 Å². The van der Waals surface area contributed by atoms with Gasteiger partial charge in [-0.3, -0.25) is 10.1 Å². The van der Waals surface area contributed by atoms with E-state index in [1.54, 1.807) is 6.07 Å². The molecule has 0 unspecified atom stereocenters. The van der Waals surface area contributed by atoms with Crippen LogP contribution in [-0.4, -0.2) is 4.92 Å². The lowest BCUT2D eigenvalue weighted by molar-refractivity contribution is -0.385. The van der Waals surface area contributed by atoms with E-state index >= 15 is 0 Å². The molecule has 0 bridgehead atoms. The molecular formula is C13H13N3O2. The van der Waals surface area contributed by atoms with Crippen molar-refractivity contribution in [2.45, 2.75) is 32.6 Å². The lowest BCUT2D eigenvalue weighted by Gasteiger charge is -2.21. The van der Waals surface area contributed by atoms with Gasteiger partial charge in [0.15, 0.2) is 0 Å². The van der Waals surface area contributed by atoms with Crippen LogP contribution in [0.1, 0.15) is 37.5 Å². The average molecular weight is 243 g/mol. The molecule has 5 heteroatoms. The highest BCUT2D eigenvalue weighted by Crippen LogP contribution is 2.32. The summed E-state index contributed by atoms with van der Waals surface area (Å²) in [6.45, 7) is 5.63. The van der Waals surface area contributed by atoms with Gasteiger partial charge in [-0.1, -0.05) is 26.8 Å². The molecule has 0 spiro atoms. The van der Waals surface area contributed by atoms with Crippen molar-refractivity contribution in [3.05, 3.63) is 38.9 Å². The molecule has 1 aromatic rings. The molecule has 0 atom stereocenters. The molecule has 0 heterocycles. The van der Waals surface area contributed by atoms with E-state index in [1.165, 1.54) is 6.07 Å². The predicted octanol–water partition coefficient (Wildman–Crippen LogP) is 2.83. The van der Waals surface area contributed by atoms with Crippen molar-refractivity contribution in [1.29, 1.82) is 10.5 Å². The average Bonchev–Trinajstić information content (AvgIpc) is 2.27. The monoisotopic (exact) mass is 243 g/mol. The van der Waals surface area contributed by atoms with Crippen molar-refractivity contribution in [2.75, 3.05) is 0 Å². The second-order valence-corrected chi connectivity index (χ2v) is 4.99. The summed E-state index contributed by atoms with van der Waals surface area (Å²) in [5.41, 5.74) is 0.628. The van der Waals surface area contributed by atoms with Crippen molar-refractivity contribution in [3.8, 4) is 12.1 Å². The summed E-state index contributed by atoms with van der Waals surface area (Å²) in [6, 6.07) is 6.86. The maximum atomic E-state index is 11.0. The summed E-state index contributed by atoms with van der Waals surface area (Å²) in [7, 11) is 0. The van der Waals surface area contributed by atoms with Crippen LogP contribution in [0.15, 0.2) is 12.1 Å². The Morgan fingerprint density at radius 2 is 1.94 bits per heavy atom. The minimum Gasteiger partial charge on any atom is -0.258 e. The number of rotatable bonds is 2. The molecule has 1 aromatic carbocycles. The fourth-order valence-electron chi connectivity index (χ4n) is 1.73. The summed E-state index contributed by atoms with van der Waals surface area (Å²) in [5.74, 6) is 0. The molecule has 0 N–H and O–H groups in total. The number of hydrogen-bond donors (Lipinski definition) is 0. The van der Waals surface area contributed by atoms with Gasteiger partial charge in [-0.2, -0.15) is 10.5 Å². The Morgan fingerprint density at radius 3 is 2.33 bits per heavy atom. The van der Waals surface area contributed by atoms with Gasteiger partial charge in [0.05, 0.1) is 17.4 Å². The Kier molecular flexibility index (Phi) is 3.68. The number of nitriles is 2. The molecule has 92 valence electrons. The summed E-state index contributed by atoms with van der Waals surface area (Å²) in [4.78, 5) is 10.4. The topological polar surface area (TPSA) is 90.7 Å². The molecule has 0 fully saturated rings. The molecule has 0 saturated heterocycles. The van der Waals surface area contributed by atoms with Gasteiger partial charge in [-0.15, -0.1) is 0 Å². The molecule has 1 rings (SSSR count). The van der Waals surface area contributed by atoms with E-state index in [1.807, 2.05) is 32.9 Å². The zero-order valence-corrected chi connectivity index (χ0v) is 10.5. The van der Waals surface area contributed by atoms with Gasteiger partial charge >= 0.3 is 0 Å². The van der Waals surface area contributed by atoms with Crippen LogP contribution in [0.3, 0.4) is 0 Å². The summed E-state index contributed by atoms with van der Waals surface area (Å²) in [6.07, 6.45) is 0.0929. The highest BCUT2D eigenvalue weighted by atomic mass is 16.6. The first kappa shape index (κ1) is 13.7. The summed E-state index contributed by atoms with van der Waals surface area (Å²) >= 11 is 0. The summed E-state index contributed by atoms with van der Waals surface area (Å²) < 4.78 is 0. The maximum Gasteiger partial charge on any atom is 0.287 e. The van der Waals surface area contributed by atoms with E-state index in [-0.39, 0.29) is 23.1 Å². The van der Waals surface area contributed by atoms with Crippen LogP contribution in [0.25, 0.3) is 0 Å². The number of hydrogen-bond acceptors (Lipinski definition) is 4. The predicted molar refractivity (Wildman–Crippen MR) is 65.8 cm³/mol. The van der Waals surface area contributed by atoms with Crippen molar-refractivity contribution < 1.29 is 4.92 Å². The fourth-order valence-corrected chi connectivity index (χ4v) is 1.73. The van der Waals surface area contributed by atoms with E-state index in [9.17, 15) is 10.1 Å². The molecule has 0 aliphatic heterocycles. The van der Waals surface area contributed by atoms with Gasteiger partial charge in [-0.25, -0.2) is 0 Å². The Hall–Kier alpha value is -2.40. The fraction of sp³-hybridized carbons (Fsp3) is 0.385. The van der Waals surface area contributed by atoms with Crippen LogP contribution >= 0.6 is 0 Å². The van der Waals surface area contributed by atoms with Gasteiger partial charge in [0.2, 0.25) is 0 Å². The standard InChI is InChI=1S/C13H13N3O2/c1-13(2,3)11-6-9(4-5-14)7-12(16(17)18)10(11)8-15/h6-7H,4H2,1-3H3. The van der Waals surface area contributed by atoms with Crippen LogP contribution in [0.4, 0.5) is 5.69 Å². The third-order valence-electron chi connectivity index (χ3n) is 2.58. The molecule has 0 amide bonds. The first-order valence-electron chi connectivity index (χ1n) is 5.40. The van der Waals surface area contributed by atoms with Crippen LogP contribution in [-0.2, 0) is 11.8 Å². The minimum absolute atomic E-state index is 0.0780. The van der Waals surface area contributed by atoms with E-state index in [0.717, 1.165) is 0 Å². The SMILES string of the molecule is CC(C)(C)c1cc(CC#N)cc([N+](=O)[O-])c1C#N. The molecular weight excluding hydrogens is 230 g/mol. The Labute approximate surface area is 105 Å². The number of nitrogens with zero attached hydrogens (tertiary/aromatic N) is 3. The smallest absolute Gasteiger partial charge is 0.258 e. The van der Waals surface area contributed by atoms with Gasteiger partial charge in [0.25, 0.3) is 5.69 Å². The van der Waals surface area contributed by atoms with Crippen LogP contribution < -0.4 is 0 Å². The first-order valence-corrected chi connectivity index (χ1v) is 5.40. The number of nitro groups is 1. The van der Waals surface area contributed by atoms with E-state index in [0.29, 0.717) is 11.1 Å². The Balaban J connectivity index is 3.64. The Morgan fingerprint density at radius 1 is 1.33 bits per heavy atom. The lowest BCUT2D eigenvalue weighted by Crippen LogP contribution is -2.15. The molecule has 0 aliphatic rings. The van der Waals surface area contributed by atoms with Crippen molar-refractivity contribution in [2.24, 2.45) is 0 Å². The third-order valence-corrected chi connectivity index (χ3v) is 2.58. The van der Waals surface area contributed by atoms with Crippen LogP contribution in [0.5, 0.6) is 0 Å². The molecule has 0 aliphatic carbocycles. The van der Waals surface area contributed by atoms with Crippen molar-refractivity contribution in [3.63, 3.8) is 0 Å². The second-order valence-electron chi connectivity index (χ2n) is 4.99. The molecule has 5 nitrogen and oxygen atoms in total. The normalized spacial score (nSPS) is 10.5. The van der Waals surface area contributed by atoms with Crippen molar-refractivity contribution in [1.82, 2.24) is 0 Å². The van der Waals surface area contributed by atoms with Crippen LogP contribution in [0, 0.1) is 32.8 Å². The van der Waals surface area contributed by atoms with E-state index in [2.05, 4.69) is 0 Å². The van der Waals surface area contributed by atoms with Gasteiger partial charge in [0.1, 0.15) is 11.6 Å². The minimum atomic E-state index is -0.575. The molecule has 0 saturated carbocycles. The molecule has 18 heavy (non-hydrogen) atoms. The van der Waals surface area contributed by atoms with Gasteiger partial charge < -0.3 is 0 Å². The lowest BCUT2D eigenvalue weighted by atomic mass is 9.82. The highest BCUT2D eigenvalue weighted by Gasteiger charge is 2.26. The first-order chi connectivity index (χ1) is 8.31. The molecule has 0 radical (unpaired) electrons. The van der Waals surface area contributed by atoms with Gasteiger partial charge in [0, 0.05) is 6.07 Å². The maximum absolute atomic E-state index is 11.0. The zero-order valence-electron chi connectivity index (χ0n) is 10.5. The third kappa shape index (κ3) is 2.64. The van der Waals surface area contributed by atoms with E-state index < -0.39 is 4.92 Å². The molecule has 0 aromatic heterocycles. The largest absolute Gasteiger partial charge is 0.287 e. The van der Waals surface area contributed by atoms with Crippen LogP contribution in [0.2, 0.25) is 0 Å². The number of nitro benzene ring substituents is 1. The Bertz CT molecular complexity index is 572. The number of benzene rings is 1. The zero-order chi connectivity index (χ0) is 13.9. The quantitative estimate of drug-likeness (QED) is 0.589. The van der Waals surface area contributed by atoms with E-state index in [4.69, 9.17) is 10.5 Å². The summed E-state index contributed by atoms with van der Waals surface area (Å²) in [5, 5.41) is 28.8. The van der Waals surface area contributed by atoms with Crippen molar-refractivity contribution >= 4 is 5.69 Å². The highest BCUT2D eigenvalue weighted by molar-refractivity contribution is 5.57.